The second-order valence-electron chi connectivity index (χ2n) is 5.55. The Balaban J connectivity index is 1.55. The Hall–Kier alpha value is -1.47. The molecule has 1 amide bonds. The first-order valence-corrected chi connectivity index (χ1v) is 7.28. The van der Waals surface area contributed by atoms with Gasteiger partial charge in [-0.15, -0.1) is 0 Å². The number of aromatic nitrogens is 3. The fraction of sp³-hybridized carbons (Fsp3) is 0.769. The summed E-state index contributed by atoms with van der Waals surface area (Å²) in [5.74, 6) is 0.305. The lowest BCUT2D eigenvalue weighted by Crippen LogP contribution is -2.51. The second-order valence-corrected chi connectivity index (χ2v) is 5.55. The number of aliphatic hydroxyl groups excluding tert-OH is 1. The van der Waals surface area contributed by atoms with Gasteiger partial charge in [-0.1, -0.05) is 0 Å². The number of amides is 1. The molecular formula is C13H21N5O2. The summed E-state index contributed by atoms with van der Waals surface area (Å²) in [5.41, 5.74) is 1.97. The SMILES string of the molecule is O=C(C1CCc2n[nH]nc2C1)N1CCN(CCO)CC1. The van der Waals surface area contributed by atoms with Gasteiger partial charge in [0, 0.05) is 45.1 Å². The number of fused-ring (bicyclic) bond motifs is 1. The zero-order chi connectivity index (χ0) is 13.9. The van der Waals surface area contributed by atoms with Crippen molar-refractivity contribution >= 4 is 5.91 Å². The Bertz CT molecular complexity index is 467. The minimum atomic E-state index is 0.0528. The molecule has 110 valence electrons. The smallest absolute Gasteiger partial charge is 0.226 e. The zero-order valence-electron chi connectivity index (χ0n) is 11.6. The number of aryl methyl sites for hydroxylation is 1. The van der Waals surface area contributed by atoms with E-state index < -0.39 is 0 Å². The molecule has 0 saturated carbocycles. The van der Waals surface area contributed by atoms with Crippen LogP contribution in [-0.2, 0) is 17.6 Å². The molecule has 1 aromatic heterocycles. The standard InChI is InChI=1S/C13H21N5O2/c19-8-7-17-3-5-18(6-4-17)13(20)10-1-2-11-12(9-10)15-16-14-11/h10,19H,1-9H2,(H,14,15,16). The lowest BCUT2D eigenvalue weighted by atomic mass is 9.88. The highest BCUT2D eigenvalue weighted by molar-refractivity contribution is 5.79. The number of hydrogen-bond donors (Lipinski definition) is 2. The summed E-state index contributed by atoms with van der Waals surface area (Å²) < 4.78 is 0. The van der Waals surface area contributed by atoms with E-state index in [0.717, 1.165) is 50.4 Å². The molecule has 0 radical (unpaired) electrons. The Kier molecular flexibility index (Phi) is 3.98. The summed E-state index contributed by atoms with van der Waals surface area (Å²) in [7, 11) is 0. The van der Waals surface area contributed by atoms with E-state index in [0.29, 0.717) is 13.0 Å². The first-order valence-electron chi connectivity index (χ1n) is 7.28. The maximum atomic E-state index is 12.5. The van der Waals surface area contributed by atoms with Gasteiger partial charge in [0.05, 0.1) is 18.0 Å². The van der Waals surface area contributed by atoms with Crippen LogP contribution in [0.3, 0.4) is 0 Å². The largest absolute Gasteiger partial charge is 0.395 e. The van der Waals surface area contributed by atoms with Crippen molar-refractivity contribution in [1.82, 2.24) is 25.2 Å². The van der Waals surface area contributed by atoms with E-state index in [9.17, 15) is 4.79 Å². The highest BCUT2D eigenvalue weighted by Crippen LogP contribution is 2.24. The average molecular weight is 279 g/mol. The number of hydrogen-bond acceptors (Lipinski definition) is 5. The number of aliphatic hydroxyl groups is 1. The average Bonchev–Trinajstić information content (AvgIpc) is 2.95. The summed E-state index contributed by atoms with van der Waals surface area (Å²) in [5, 5.41) is 19.8. The summed E-state index contributed by atoms with van der Waals surface area (Å²) in [6, 6.07) is 0. The van der Waals surface area contributed by atoms with E-state index in [-0.39, 0.29) is 18.4 Å². The van der Waals surface area contributed by atoms with E-state index in [1.165, 1.54) is 0 Å². The minimum Gasteiger partial charge on any atom is -0.395 e. The molecule has 7 nitrogen and oxygen atoms in total. The van der Waals surface area contributed by atoms with Crippen molar-refractivity contribution in [3.63, 3.8) is 0 Å². The molecule has 1 atom stereocenters. The van der Waals surface area contributed by atoms with Gasteiger partial charge >= 0.3 is 0 Å². The van der Waals surface area contributed by atoms with Crippen LogP contribution in [-0.4, -0.2) is 75.6 Å². The van der Waals surface area contributed by atoms with Crippen LogP contribution < -0.4 is 0 Å². The van der Waals surface area contributed by atoms with Crippen LogP contribution >= 0.6 is 0 Å². The van der Waals surface area contributed by atoms with E-state index in [4.69, 9.17) is 5.11 Å². The molecule has 1 aromatic rings. The van der Waals surface area contributed by atoms with Gasteiger partial charge in [0.2, 0.25) is 5.91 Å². The molecule has 0 spiro atoms. The van der Waals surface area contributed by atoms with E-state index >= 15 is 0 Å². The minimum absolute atomic E-state index is 0.0528. The van der Waals surface area contributed by atoms with Gasteiger partial charge < -0.3 is 10.0 Å². The molecule has 1 fully saturated rings. The number of carbonyl (C=O) groups is 1. The number of nitrogens with zero attached hydrogens (tertiary/aromatic N) is 4. The Morgan fingerprint density at radius 3 is 2.75 bits per heavy atom. The fourth-order valence-electron chi connectivity index (χ4n) is 3.09. The molecule has 3 rings (SSSR count). The molecule has 1 aliphatic heterocycles. The molecule has 1 saturated heterocycles. The maximum Gasteiger partial charge on any atom is 0.226 e. The van der Waals surface area contributed by atoms with Crippen LogP contribution in [0.5, 0.6) is 0 Å². The second kappa shape index (κ2) is 5.88. The van der Waals surface area contributed by atoms with Crippen molar-refractivity contribution in [2.24, 2.45) is 5.92 Å². The molecule has 2 aliphatic rings. The predicted octanol–water partition coefficient (Wildman–Crippen LogP) is -0.954. The third-order valence-electron chi connectivity index (χ3n) is 4.32. The molecule has 7 heteroatoms. The van der Waals surface area contributed by atoms with Crippen LogP contribution in [0.4, 0.5) is 0 Å². The Morgan fingerprint density at radius 1 is 1.25 bits per heavy atom. The van der Waals surface area contributed by atoms with Crippen LogP contribution in [0.2, 0.25) is 0 Å². The number of piperazine rings is 1. The number of aromatic amines is 1. The highest BCUT2D eigenvalue weighted by atomic mass is 16.3. The molecule has 0 bridgehead atoms. The quantitative estimate of drug-likeness (QED) is 0.745. The molecule has 1 aliphatic carbocycles. The Morgan fingerprint density at radius 2 is 2.00 bits per heavy atom. The first-order chi connectivity index (χ1) is 9.78. The number of H-pyrrole nitrogens is 1. The third-order valence-corrected chi connectivity index (χ3v) is 4.32. The van der Waals surface area contributed by atoms with Gasteiger partial charge in [-0.25, -0.2) is 0 Å². The maximum absolute atomic E-state index is 12.5. The number of carbonyl (C=O) groups excluding carboxylic acids is 1. The van der Waals surface area contributed by atoms with Crippen molar-refractivity contribution in [3.8, 4) is 0 Å². The van der Waals surface area contributed by atoms with E-state index in [1.54, 1.807) is 0 Å². The first kappa shape index (κ1) is 13.5. The fourth-order valence-corrected chi connectivity index (χ4v) is 3.09. The van der Waals surface area contributed by atoms with E-state index in [1.807, 2.05) is 4.90 Å². The molecule has 0 aromatic carbocycles. The molecule has 2 N–H and O–H groups in total. The van der Waals surface area contributed by atoms with Gasteiger partial charge in [-0.3, -0.25) is 9.69 Å². The third kappa shape index (κ3) is 2.69. The van der Waals surface area contributed by atoms with Crippen molar-refractivity contribution in [2.75, 3.05) is 39.3 Å². The van der Waals surface area contributed by atoms with Crippen molar-refractivity contribution in [3.05, 3.63) is 11.4 Å². The highest BCUT2D eigenvalue weighted by Gasteiger charge is 2.31. The summed E-state index contributed by atoms with van der Waals surface area (Å²) >= 11 is 0. The molecule has 20 heavy (non-hydrogen) atoms. The van der Waals surface area contributed by atoms with Crippen molar-refractivity contribution in [1.29, 1.82) is 0 Å². The van der Waals surface area contributed by atoms with Crippen LogP contribution in [0.25, 0.3) is 0 Å². The zero-order valence-corrected chi connectivity index (χ0v) is 11.6. The number of β-amino-alcohol motifs (C(OH)–C–C–N with tert-alkyl or cyclic N) is 1. The van der Waals surface area contributed by atoms with Gasteiger partial charge in [-0.2, -0.15) is 15.4 Å². The lowest BCUT2D eigenvalue weighted by molar-refractivity contribution is -0.137. The number of rotatable bonds is 3. The van der Waals surface area contributed by atoms with Gasteiger partial charge in [0.25, 0.3) is 0 Å². The van der Waals surface area contributed by atoms with Gasteiger partial charge in [0.15, 0.2) is 0 Å². The molecular weight excluding hydrogens is 258 g/mol. The van der Waals surface area contributed by atoms with E-state index in [2.05, 4.69) is 20.3 Å². The van der Waals surface area contributed by atoms with Gasteiger partial charge in [0.1, 0.15) is 0 Å². The van der Waals surface area contributed by atoms with Crippen LogP contribution in [0.1, 0.15) is 17.8 Å². The lowest BCUT2D eigenvalue weighted by Gasteiger charge is -2.36. The van der Waals surface area contributed by atoms with Crippen molar-refractivity contribution in [2.45, 2.75) is 19.3 Å². The summed E-state index contributed by atoms with van der Waals surface area (Å²) in [4.78, 5) is 16.7. The normalized spacial score (nSPS) is 23.6. The predicted molar refractivity (Wildman–Crippen MR) is 72.0 cm³/mol. The van der Waals surface area contributed by atoms with Gasteiger partial charge in [-0.05, 0) is 12.8 Å². The Labute approximate surface area is 117 Å². The summed E-state index contributed by atoms with van der Waals surface area (Å²) in [6.45, 7) is 4.13. The topological polar surface area (TPSA) is 85.4 Å². The van der Waals surface area contributed by atoms with Crippen LogP contribution in [0.15, 0.2) is 0 Å². The summed E-state index contributed by atoms with van der Waals surface area (Å²) in [6.07, 6.45) is 2.42. The van der Waals surface area contributed by atoms with Crippen LogP contribution in [0, 0.1) is 5.92 Å². The number of nitrogens with one attached hydrogen (secondary N) is 1. The molecule has 1 unspecified atom stereocenters. The molecule has 2 heterocycles. The monoisotopic (exact) mass is 279 g/mol. The van der Waals surface area contributed by atoms with Crippen molar-refractivity contribution < 1.29 is 9.90 Å².